The third-order valence-electron chi connectivity index (χ3n) is 6.76. The van der Waals surface area contributed by atoms with Crippen molar-refractivity contribution in [1.29, 1.82) is 0 Å². The van der Waals surface area contributed by atoms with Gasteiger partial charge in [-0.25, -0.2) is 4.39 Å². The lowest BCUT2D eigenvalue weighted by Crippen LogP contribution is -2.30. The zero-order valence-electron chi connectivity index (χ0n) is 21.2. The van der Waals surface area contributed by atoms with Crippen LogP contribution in [0.1, 0.15) is 23.5 Å². The van der Waals surface area contributed by atoms with Crippen LogP contribution in [-0.2, 0) is 0 Å². The highest BCUT2D eigenvalue weighted by atomic mass is 35.5. The monoisotopic (exact) mass is 601 g/mol. The minimum atomic E-state index is -0.479. The Labute approximate surface area is 249 Å². The van der Waals surface area contributed by atoms with E-state index < -0.39 is 10.7 Å². The van der Waals surface area contributed by atoms with Gasteiger partial charge in [0.2, 0.25) is 0 Å². The molecule has 3 aromatic carbocycles. The van der Waals surface area contributed by atoms with Crippen molar-refractivity contribution in [3.63, 3.8) is 0 Å². The SMILES string of the molecule is O=[N+]([O-])c1ccc(Sc2ccc(N3C(=S)N[C@@H](c4ccccn4)[C@@H]3c3cccn3-c3ccc(F)c(Cl)c3)cc2)cc1. The second-order valence-electron chi connectivity index (χ2n) is 9.25. The smallest absolute Gasteiger partial charge is 0.269 e. The number of non-ortho nitro benzene ring substituents is 1. The van der Waals surface area contributed by atoms with Crippen LogP contribution >= 0.6 is 35.6 Å². The lowest BCUT2D eigenvalue weighted by molar-refractivity contribution is -0.384. The van der Waals surface area contributed by atoms with Gasteiger partial charge in [-0.05, 0) is 91.1 Å². The first-order chi connectivity index (χ1) is 19.9. The standard InChI is InChI=1S/C30H21ClFN5O2S2/c31-24-18-21(10-15-25(24)32)35-17-3-5-27(35)29-28(26-4-1-2-16-33-26)34-30(40)36(29)19-6-11-22(12-7-19)41-23-13-8-20(9-14-23)37(38)39/h1-18,28-29H,(H,34,40)/t28-,29-/m0/s1. The highest BCUT2D eigenvalue weighted by Crippen LogP contribution is 2.43. The molecular weight excluding hydrogens is 581 g/mol. The molecule has 6 rings (SSSR count). The van der Waals surface area contributed by atoms with Gasteiger partial charge in [-0.1, -0.05) is 29.4 Å². The van der Waals surface area contributed by atoms with Crippen molar-refractivity contribution in [1.82, 2.24) is 14.9 Å². The Morgan fingerprint density at radius 1 is 0.951 bits per heavy atom. The maximum Gasteiger partial charge on any atom is 0.269 e. The summed E-state index contributed by atoms with van der Waals surface area (Å²) in [5, 5.41) is 15.0. The average Bonchev–Trinajstić information content (AvgIpc) is 3.60. The number of thiocarbonyl (C=S) groups is 1. The predicted octanol–water partition coefficient (Wildman–Crippen LogP) is 7.90. The fourth-order valence-electron chi connectivity index (χ4n) is 4.89. The maximum absolute atomic E-state index is 14.0. The highest BCUT2D eigenvalue weighted by Gasteiger charge is 2.42. The molecule has 41 heavy (non-hydrogen) atoms. The summed E-state index contributed by atoms with van der Waals surface area (Å²) in [6.45, 7) is 0. The number of halogens is 2. The molecule has 0 unspecified atom stereocenters. The predicted molar refractivity (Wildman–Crippen MR) is 162 cm³/mol. The molecule has 1 aliphatic heterocycles. The normalized spacial score (nSPS) is 16.5. The average molecular weight is 602 g/mol. The van der Waals surface area contributed by atoms with E-state index in [1.165, 1.54) is 30.0 Å². The van der Waals surface area contributed by atoms with Crippen molar-refractivity contribution in [2.75, 3.05) is 4.90 Å². The minimum Gasteiger partial charge on any atom is -0.351 e. The fourth-order valence-corrected chi connectivity index (χ4v) is 6.22. The number of nitrogens with zero attached hydrogens (tertiary/aromatic N) is 4. The molecule has 204 valence electrons. The number of pyridine rings is 1. The summed E-state index contributed by atoms with van der Waals surface area (Å²) in [6.07, 6.45) is 3.67. The van der Waals surface area contributed by atoms with Gasteiger partial charge in [0.25, 0.3) is 5.69 Å². The number of rotatable bonds is 7. The lowest BCUT2D eigenvalue weighted by Gasteiger charge is -2.29. The molecule has 0 aliphatic carbocycles. The second kappa shape index (κ2) is 11.3. The van der Waals surface area contributed by atoms with Crippen molar-refractivity contribution in [3.8, 4) is 5.69 Å². The van der Waals surface area contributed by atoms with Crippen LogP contribution in [0.15, 0.2) is 119 Å². The summed E-state index contributed by atoms with van der Waals surface area (Å²) in [7, 11) is 0. The number of nitrogens with one attached hydrogen (secondary N) is 1. The largest absolute Gasteiger partial charge is 0.351 e. The van der Waals surface area contributed by atoms with Crippen LogP contribution < -0.4 is 10.2 Å². The molecule has 1 fully saturated rings. The number of aromatic nitrogens is 2. The molecule has 11 heteroatoms. The summed E-state index contributed by atoms with van der Waals surface area (Å²) in [5.74, 6) is -0.479. The van der Waals surface area contributed by atoms with Gasteiger partial charge in [0.05, 0.1) is 21.7 Å². The number of benzene rings is 3. The first-order valence-electron chi connectivity index (χ1n) is 12.5. The summed E-state index contributed by atoms with van der Waals surface area (Å²) < 4.78 is 15.9. The number of hydrogen-bond donors (Lipinski definition) is 1. The molecule has 0 bridgehead atoms. The van der Waals surface area contributed by atoms with Crippen LogP contribution in [0.25, 0.3) is 5.69 Å². The van der Waals surface area contributed by atoms with Gasteiger partial charge >= 0.3 is 0 Å². The van der Waals surface area contributed by atoms with Crippen LogP contribution in [-0.4, -0.2) is 19.6 Å². The molecular formula is C30H21ClFN5O2S2. The van der Waals surface area contributed by atoms with Crippen LogP contribution in [0.3, 0.4) is 0 Å². The van der Waals surface area contributed by atoms with E-state index in [0.29, 0.717) is 5.11 Å². The zero-order valence-corrected chi connectivity index (χ0v) is 23.6. The maximum atomic E-state index is 14.0. The van der Waals surface area contributed by atoms with Gasteiger partial charge in [-0.2, -0.15) is 0 Å². The van der Waals surface area contributed by atoms with E-state index in [9.17, 15) is 14.5 Å². The quantitative estimate of drug-likeness (QED) is 0.115. The van der Waals surface area contributed by atoms with Gasteiger partial charge < -0.3 is 14.8 Å². The number of nitro groups is 1. The summed E-state index contributed by atoms with van der Waals surface area (Å²) >= 11 is 13.5. The van der Waals surface area contributed by atoms with Crippen LogP contribution in [0.4, 0.5) is 15.8 Å². The van der Waals surface area contributed by atoms with E-state index in [4.69, 9.17) is 23.8 Å². The zero-order chi connectivity index (χ0) is 28.5. The first kappa shape index (κ1) is 26.9. The summed E-state index contributed by atoms with van der Waals surface area (Å²) in [4.78, 5) is 19.1. The second-order valence-corrected chi connectivity index (χ2v) is 11.2. The van der Waals surface area contributed by atoms with Gasteiger partial charge in [0, 0.05) is 51.4 Å². The molecule has 0 radical (unpaired) electrons. The molecule has 3 heterocycles. The number of nitro benzene ring substituents is 1. The lowest BCUT2D eigenvalue weighted by atomic mass is 10.0. The fraction of sp³-hybridized carbons (Fsp3) is 0.0667. The molecule has 5 aromatic rings. The summed E-state index contributed by atoms with van der Waals surface area (Å²) in [5.41, 5.74) is 3.41. The van der Waals surface area contributed by atoms with Crippen molar-refractivity contribution >= 4 is 52.1 Å². The molecule has 0 spiro atoms. The Hall–Kier alpha value is -4.25. The topological polar surface area (TPSA) is 76.2 Å². The Morgan fingerprint density at radius 3 is 2.32 bits per heavy atom. The summed E-state index contributed by atoms with van der Waals surface area (Å²) in [6, 6.07) is 28.3. The molecule has 0 saturated carbocycles. The third kappa shape index (κ3) is 5.41. The van der Waals surface area contributed by atoms with Crippen molar-refractivity contribution in [2.45, 2.75) is 21.9 Å². The Kier molecular flexibility index (Phi) is 7.44. The van der Waals surface area contributed by atoms with Gasteiger partial charge in [-0.15, -0.1) is 0 Å². The third-order valence-corrected chi connectivity index (χ3v) is 8.38. The molecule has 0 amide bonds. The van der Waals surface area contributed by atoms with Gasteiger partial charge in [0.15, 0.2) is 5.11 Å². The van der Waals surface area contributed by atoms with E-state index in [2.05, 4.69) is 15.2 Å². The Balaban J connectivity index is 1.36. The number of anilines is 1. The minimum absolute atomic E-state index is 0.0430. The number of hydrogen-bond acceptors (Lipinski definition) is 5. The van der Waals surface area contributed by atoms with E-state index in [1.807, 2.05) is 65.4 Å². The first-order valence-corrected chi connectivity index (χ1v) is 14.1. The van der Waals surface area contributed by atoms with Gasteiger partial charge in [-0.3, -0.25) is 15.1 Å². The van der Waals surface area contributed by atoms with Crippen molar-refractivity contribution < 1.29 is 9.31 Å². The molecule has 1 N–H and O–H groups in total. The van der Waals surface area contributed by atoms with Crippen LogP contribution in [0, 0.1) is 15.9 Å². The Bertz CT molecular complexity index is 1730. The van der Waals surface area contributed by atoms with Crippen molar-refractivity contribution in [2.24, 2.45) is 0 Å². The van der Waals surface area contributed by atoms with E-state index in [0.717, 1.165) is 32.6 Å². The molecule has 1 saturated heterocycles. The molecule has 2 atom stereocenters. The van der Waals surface area contributed by atoms with E-state index in [1.54, 1.807) is 30.5 Å². The van der Waals surface area contributed by atoms with Crippen molar-refractivity contribution in [3.05, 3.63) is 142 Å². The molecule has 7 nitrogen and oxygen atoms in total. The Morgan fingerprint density at radius 2 is 1.66 bits per heavy atom. The van der Waals surface area contributed by atoms with Gasteiger partial charge in [0.1, 0.15) is 11.9 Å². The van der Waals surface area contributed by atoms with E-state index >= 15 is 0 Å². The van der Waals surface area contributed by atoms with Crippen LogP contribution in [0.2, 0.25) is 5.02 Å². The highest BCUT2D eigenvalue weighted by molar-refractivity contribution is 7.99. The molecule has 2 aromatic heterocycles. The van der Waals surface area contributed by atoms with E-state index in [-0.39, 0.29) is 22.8 Å². The molecule has 1 aliphatic rings. The van der Waals surface area contributed by atoms with Crippen LogP contribution in [0.5, 0.6) is 0 Å².